The summed E-state index contributed by atoms with van der Waals surface area (Å²) in [5.74, 6) is -3.69. The van der Waals surface area contributed by atoms with Crippen LogP contribution in [0.3, 0.4) is 0 Å². The molecular formula is C18H30N2O7S. The zero-order valence-corrected chi connectivity index (χ0v) is 17.1. The molecule has 1 amide bonds. The smallest absolute Gasteiger partial charge is 0.326 e. The van der Waals surface area contributed by atoms with Crippen molar-refractivity contribution in [3.8, 4) is 0 Å². The van der Waals surface area contributed by atoms with Crippen LogP contribution in [0, 0.1) is 0 Å². The van der Waals surface area contributed by atoms with Crippen LogP contribution in [0.15, 0.2) is 0 Å². The third kappa shape index (κ3) is 7.31. The maximum Gasteiger partial charge on any atom is 0.326 e. The second-order valence-electron chi connectivity index (χ2n) is 6.96. The molecule has 160 valence electrons. The van der Waals surface area contributed by atoms with Gasteiger partial charge in [-0.1, -0.05) is 26.2 Å². The molecule has 1 fully saturated rings. The van der Waals surface area contributed by atoms with E-state index in [1.54, 1.807) is 0 Å². The van der Waals surface area contributed by atoms with Crippen LogP contribution >= 0.6 is 11.8 Å². The number of amides is 1. The van der Waals surface area contributed by atoms with Crippen molar-refractivity contribution in [1.82, 2.24) is 10.2 Å². The largest absolute Gasteiger partial charge is 0.480 e. The lowest BCUT2D eigenvalue weighted by Crippen LogP contribution is -2.53. The first-order valence-corrected chi connectivity index (χ1v) is 10.6. The number of rotatable bonds is 13. The predicted molar refractivity (Wildman–Crippen MR) is 104 cm³/mol. The SMILES string of the molecule is CCCCCC(SC[C@H](NC(C)C(=O)N1CCC[C@H]1C(=O)O)C(=O)O)C(=O)O. The Kier molecular flexibility index (Phi) is 10.3. The minimum absolute atomic E-state index is 0.00158. The lowest BCUT2D eigenvalue weighted by atomic mass is 10.1. The summed E-state index contributed by atoms with van der Waals surface area (Å²) in [6, 6.07) is -2.88. The molecule has 0 saturated carbocycles. The number of thioether (sulfide) groups is 1. The van der Waals surface area contributed by atoms with E-state index in [2.05, 4.69) is 5.32 Å². The molecular weight excluding hydrogens is 388 g/mol. The van der Waals surface area contributed by atoms with Gasteiger partial charge in [0.2, 0.25) is 5.91 Å². The van der Waals surface area contributed by atoms with E-state index in [0.717, 1.165) is 31.0 Å². The van der Waals surface area contributed by atoms with E-state index in [4.69, 9.17) is 0 Å². The highest BCUT2D eigenvalue weighted by Crippen LogP contribution is 2.21. The van der Waals surface area contributed by atoms with Gasteiger partial charge >= 0.3 is 17.9 Å². The number of hydrogen-bond donors (Lipinski definition) is 4. The zero-order chi connectivity index (χ0) is 21.3. The summed E-state index contributed by atoms with van der Waals surface area (Å²) in [7, 11) is 0. The van der Waals surface area contributed by atoms with E-state index in [1.807, 2.05) is 6.92 Å². The Hall–Kier alpha value is -1.81. The van der Waals surface area contributed by atoms with Crippen molar-refractivity contribution in [1.29, 1.82) is 0 Å². The van der Waals surface area contributed by atoms with Crippen LogP contribution in [0.1, 0.15) is 52.4 Å². The molecule has 4 atom stereocenters. The molecule has 9 nitrogen and oxygen atoms in total. The minimum atomic E-state index is -1.18. The molecule has 0 aromatic carbocycles. The molecule has 1 aliphatic heterocycles. The Balaban J connectivity index is 2.65. The van der Waals surface area contributed by atoms with Crippen molar-refractivity contribution in [2.45, 2.75) is 75.7 Å². The third-order valence-corrected chi connectivity index (χ3v) is 6.12. The van der Waals surface area contributed by atoms with E-state index in [9.17, 15) is 34.5 Å². The standard InChI is InChI=1S/C18H30N2O7S/c1-3-4-5-8-14(18(26)27)28-10-12(16(22)23)19-11(2)15(21)20-9-6-7-13(20)17(24)25/h11-14,19H,3-10H2,1-2H3,(H,22,23)(H,24,25)(H,26,27)/t11?,12-,13-,14?/m0/s1. The van der Waals surface area contributed by atoms with Gasteiger partial charge in [-0.15, -0.1) is 11.8 Å². The number of carbonyl (C=O) groups excluding carboxylic acids is 1. The topological polar surface area (TPSA) is 144 Å². The minimum Gasteiger partial charge on any atom is -0.480 e. The Morgan fingerprint density at radius 1 is 1.14 bits per heavy atom. The molecule has 0 spiro atoms. The molecule has 2 unspecified atom stereocenters. The fourth-order valence-corrected chi connectivity index (χ4v) is 4.31. The highest BCUT2D eigenvalue weighted by atomic mass is 32.2. The molecule has 4 N–H and O–H groups in total. The highest BCUT2D eigenvalue weighted by molar-refractivity contribution is 8.00. The fourth-order valence-electron chi connectivity index (χ4n) is 3.17. The molecule has 1 aliphatic rings. The summed E-state index contributed by atoms with van der Waals surface area (Å²) in [5.41, 5.74) is 0. The van der Waals surface area contributed by atoms with Gasteiger partial charge in [0, 0.05) is 12.3 Å². The molecule has 0 aromatic rings. The molecule has 1 saturated heterocycles. The van der Waals surface area contributed by atoms with Gasteiger partial charge in [-0.05, 0) is 26.2 Å². The van der Waals surface area contributed by atoms with Crippen LogP contribution in [0.25, 0.3) is 0 Å². The number of carboxylic acid groups (broad SMARTS) is 3. The van der Waals surface area contributed by atoms with Crippen molar-refractivity contribution < 1.29 is 34.5 Å². The molecule has 28 heavy (non-hydrogen) atoms. The van der Waals surface area contributed by atoms with Gasteiger partial charge in [0.25, 0.3) is 0 Å². The van der Waals surface area contributed by atoms with Crippen LogP contribution in [0.5, 0.6) is 0 Å². The van der Waals surface area contributed by atoms with Crippen LogP contribution < -0.4 is 5.32 Å². The molecule has 0 aromatic heterocycles. The van der Waals surface area contributed by atoms with E-state index >= 15 is 0 Å². The maximum absolute atomic E-state index is 12.5. The van der Waals surface area contributed by atoms with Gasteiger partial charge in [0.15, 0.2) is 0 Å². The summed E-state index contributed by atoms with van der Waals surface area (Å²) in [5, 5.41) is 30.0. The Bertz CT molecular complexity index is 572. The predicted octanol–water partition coefficient (Wildman–Crippen LogP) is 1.26. The molecule has 10 heteroatoms. The van der Waals surface area contributed by atoms with Crippen LogP contribution in [0.2, 0.25) is 0 Å². The van der Waals surface area contributed by atoms with Crippen molar-refractivity contribution >= 4 is 35.6 Å². The molecule has 1 rings (SSSR count). The second-order valence-corrected chi connectivity index (χ2v) is 8.20. The number of likely N-dealkylation sites (tertiary alicyclic amines) is 1. The Labute approximate surface area is 168 Å². The average Bonchev–Trinajstić information content (AvgIpc) is 3.12. The third-order valence-electron chi connectivity index (χ3n) is 4.75. The molecule has 1 heterocycles. The van der Waals surface area contributed by atoms with E-state index < -0.39 is 47.2 Å². The lowest BCUT2D eigenvalue weighted by Gasteiger charge is -2.27. The summed E-state index contributed by atoms with van der Waals surface area (Å²) in [6.07, 6.45) is 4.06. The summed E-state index contributed by atoms with van der Waals surface area (Å²) < 4.78 is 0. The van der Waals surface area contributed by atoms with E-state index in [1.165, 1.54) is 11.8 Å². The first-order valence-electron chi connectivity index (χ1n) is 9.55. The zero-order valence-electron chi connectivity index (χ0n) is 16.3. The first-order chi connectivity index (χ1) is 13.2. The lowest BCUT2D eigenvalue weighted by molar-refractivity contribution is -0.149. The number of hydrogen-bond acceptors (Lipinski definition) is 6. The van der Waals surface area contributed by atoms with Crippen molar-refractivity contribution in [3.05, 3.63) is 0 Å². The van der Waals surface area contributed by atoms with Gasteiger partial charge in [0.05, 0.1) is 6.04 Å². The molecule has 0 radical (unpaired) electrons. The van der Waals surface area contributed by atoms with Crippen LogP contribution in [-0.4, -0.2) is 79.7 Å². The number of carboxylic acids is 3. The monoisotopic (exact) mass is 418 g/mol. The normalized spacial score (nSPS) is 19.8. The Morgan fingerprint density at radius 2 is 1.82 bits per heavy atom. The van der Waals surface area contributed by atoms with Gasteiger partial charge in [-0.3, -0.25) is 19.7 Å². The van der Waals surface area contributed by atoms with Crippen LogP contribution in [-0.2, 0) is 19.2 Å². The summed E-state index contributed by atoms with van der Waals surface area (Å²) >= 11 is 1.05. The molecule has 0 bridgehead atoms. The van der Waals surface area contributed by atoms with Crippen molar-refractivity contribution in [3.63, 3.8) is 0 Å². The highest BCUT2D eigenvalue weighted by Gasteiger charge is 2.37. The molecule has 0 aliphatic carbocycles. The van der Waals surface area contributed by atoms with E-state index in [-0.39, 0.29) is 5.75 Å². The number of aliphatic carboxylic acids is 3. The number of unbranched alkanes of at least 4 members (excludes halogenated alkanes) is 2. The second kappa shape index (κ2) is 11.9. The summed E-state index contributed by atoms with van der Waals surface area (Å²) in [4.78, 5) is 48.0. The van der Waals surface area contributed by atoms with Gasteiger partial charge in [-0.2, -0.15) is 0 Å². The van der Waals surface area contributed by atoms with E-state index in [0.29, 0.717) is 25.8 Å². The number of carbonyl (C=O) groups is 4. The van der Waals surface area contributed by atoms with Gasteiger partial charge in [-0.25, -0.2) is 4.79 Å². The van der Waals surface area contributed by atoms with Gasteiger partial charge in [0.1, 0.15) is 17.3 Å². The quantitative estimate of drug-likeness (QED) is 0.325. The fraction of sp³-hybridized carbons (Fsp3) is 0.778. The average molecular weight is 419 g/mol. The Morgan fingerprint density at radius 3 is 2.36 bits per heavy atom. The summed E-state index contributed by atoms with van der Waals surface area (Å²) in [6.45, 7) is 3.84. The maximum atomic E-state index is 12.5. The first kappa shape index (κ1) is 24.2. The van der Waals surface area contributed by atoms with Crippen molar-refractivity contribution in [2.24, 2.45) is 0 Å². The number of nitrogens with zero attached hydrogens (tertiary/aromatic N) is 1. The van der Waals surface area contributed by atoms with Gasteiger partial charge < -0.3 is 20.2 Å². The van der Waals surface area contributed by atoms with Crippen LogP contribution in [0.4, 0.5) is 0 Å². The number of nitrogens with one attached hydrogen (secondary N) is 1. The van der Waals surface area contributed by atoms with Crippen molar-refractivity contribution in [2.75, 3.05) is 12.3 Å².